The molecular formula is C15H12O7. The lowest BCUT2D eigenvalue weighted by atomic mass is 9.90. The summed E-state index contributed by atoms with van der Waals surface area (Å²) in [5.41, 5.74) is 0.132. The number of fused-ring (bicyclic) bond motifs is 1. The molecule has 7 nitrogen and oxygen atoms in total. The predicted molar refractivity (Wildman–Crippen MR) is 72.1 cm³/mol. The Morgan fingerprint density at radius 2 is 1.45 bits per heavy atom. The summed E-state index contributed by atoms with van der Waals surface area (Å²) in [4.78, 5) is 47.0. The normalized spacial score (nSPS) is 13.8. The largest absolute Gasteiger partial charge is 0.507 e. The number of ether oxygens (including phenoxy) is 2. The monoisotopic (exact) mass is 304 g/mol. The third-order valence-electron chi connectivity index (χ3n) is 2.84. The van der Waals surface area contributed by atoms with E-state index in [1.54, 1.807) is 6.92 Å². The van der Waals surface area contributed by atoms with Crippen LogP contribution in [0.25, 0.3) is 0 Å². The molecule has 0 heterocycles. The molecule has 22 heavy (non-hydrogen) atoms. The molecule has 0 radical (unpaired) electrons. The number of phenols is 1. The summed E-state index contributed by atoms with van der Waals surface area (Å²) in [7, 11) is 0. The van der Waals surface area contributed by atoms with E-state index in [4.69, 9.17) is 9.47 Å². The molecule has 0 atom stereocenters. The van der Waals surface area contributed by atoms with E-state index in [0.717, 1.165) is 13.8 Å². The topological polar surface area (TPSA) is 107 Å². The Kier molecular flexibility index (Phi) is 3.81. The van der Waals surface area contributed by atoms with Crippen molar-refractivity contribution in [2.24, 2.45) is 0 Å². The maximum Gasteiger partial charge on any atom is 0.308 e. The van der Waals surface area contributed by atoms with E-state index in [9.17, 15) is 24.3 Å². The third-order valence-corrected chi connectivity index (χ3v) is 2.84. The average molecular weight is 304 g/mol. The van der Waals surface area contributed by atoms with Gasteiger partial charge in [-0.2, -0.15) is 0 Å². The minimum Gasteiger partial charge on any atom is -0.507 e. The van der Waals surface area contributed by atoms with E-state index < -0.39 is 40.8 Å². The van der Waals surface area contributed by atoms with Crippen LogP contribution in [0.3, 0.4) is 0 Å². The van der Waals surface area contributed by atoms with Gasteiger partial charge in [0.2, 0.25) is 23.1 Å². The van der Waals surface area contributed by atoms with Crippen LogP contribution in [0.15, 0.2) is 23.7 Å². The van der Waals surface area contributed by atoms with Gasteiger partial charge >= 0.3 is 11.9 Å². The maximum absolute atomic E-state index is 12.4. The summed E-state index contributed by atoms with van der Waals surface area (Å²) < 4.78 is 9.45. The number of rotatable bonds is 2. The number of carbonyl (C=O) groups is 4. The molecule has 0 saturated heterocycles. The van der Waals surface area contributed by atoms with E-state index in [2.05, 4.69) is 0 Å². The fraction of sp³-hybridized carbons (Fsp3) is 0.200. The Morgan fingerprint density at radius 3 is 1.95 bits per heavy atom. The number of ketones is 2. The first-order valence-electron chi connectivity index (χ1n) is 6.26. The zero-order valence-electron chi connectivity index (χ0n) is 12.1. The minimum atomic E-state index is -0.904. The van der Waals surface area contributed by atoms with Gasteiger partial charge < -0.3 is 14.6 Å². The molecule has 1 aromatic rings. The Labute approximate surface area is 125 Å². The average Bonchev–Trinajstić information content (AvgIpc) is 2.38. The summed E-state index contributed by atoms with van der Waals surface area (Å²) in [6, 6.07) is 2.68. The van der Waals surface area contributed by atoms with Crippen molar-refractivity contribution in [3.63, 3.8) is 0 Å². The fourth-order valence-corrected chi connectivity index (χ4v) is 2.10. The highest BCUT2D eigenvalue weighted by atomic mass is 16.6. The fourth-order valence-electron chi connectivity index (χ4n) is 2.10. The molecule has 0 aromatic heterocycles. The van der Waals surface area contributed by atoms with E-state index in [1.165, 1.54) is 12.1 Å². The third kappa shape index (κ3) is 2.60. The van der Waals surface area contributed by atoms with Crippen LogP contribution in [-0.4, -0.2) is 28.6 Å². The molecule has 1 aliphatic carbocycles. The molecule has 2 rings (SSSR count). The van der Waals surface area contributed by atoms with Crippen LogP contribution in [0.2, 0.25) is 0 Å². The first kappa shape index (κ1) is 15.4. The molecule has 7 heteroatoms. The van der Waals surface area contributed by atoms with E-state index in [-0.39, 0.29) is 11.1 Å². The second-order valence-corrected chi connectivity index (χ2v) is 4.71. The molecule has 0 unspecified atom stereocenters. The number of hydrogen-bond acceptors (Lipinski definition) is 7. The SMILES string of the molecule is CC(=O)OC1=C(OC(C)=O)C(=O)c2c(O)cc(C)cc2C1=O. The Hall–Kier alpha value is -2.96. The van der Waals surface area contributed by atoms with Crippen molar-refractivity contribution in [3.05, 3.63) is 40.3 Å². The van der Waals surface area contributed by atoms with Gasteiger partial charge in [0.15, 0.2) is 0 Å². The first-order chi connectivity index (χ1) is 10.2. The second kappa shape index (κ2) is 5.44. The van der Waals surface area contributed by atoms with Crippen molar-refractivity contribution >= 4 is 23.5 Å². The van der Waals surface area contributed by atoms with Crippen LogP contribution in [0.4, 0.5) is 0 Å². The maximum atomic E-state index is 12.4. The second-order valence-electron chi connectivity index (χ2n) is 4.71. The van der Waals surface area contributed by atoms with E-state index >= 15 is 0 Å². The molecule has 0 aliphatic heterocycles. The molecule has 1 aliphatic rings. The predicted octanol–water partition coefficient (Wildman–Crippen LogP) is 1.42. The van der Waals surface area contributed by atoms with Gasteiger partial charge in [-0.15, -0.1) is 0 Å². The van der Waals surface area contributed by atoms with Crippen LogP contribution < -0.4 is 0 Å². The smallest absolute Gasteiger partial charge is 0.308 e. The molecule has 0 spiro atoms. The van der Waals surface area contributed by atoms with Crippen molar-refractivity contribution in [1.29, 1.82) is 0 Å². The number of allylic oxidation sites excluding steroid dienone is 2. The molecule has 1 aromatic carbocycles. The van der Waals surface area contributed by atoms with Crippen LogP contribution in [0, 0.1) is 6.92 Å². The Bertz CT molecular complexity index is 755. The number of Topliss-reactive ketones (excluding diaryl/α,β-unsaturated/α-hetero) is 2. The summed E-state index contributed by atoms with van der Waals surface area (Å²) in [6.07, 6.45) is 0. The lowest BCUT2D eigenvalue weighted by Gasteiger charge is -2.20. The number of phenolic OH excluding ortho intramolecular Hbond substituents is 1. The number of aryl methyl sites for hydroxylation is 1. The highest BCUT2D eigenvalue weighted by molar-refractivity contribution is 6.27. The number of benzene rings is 1. The standard InChI is InChI=1S/C15H12O7/c1-6-4-9-11(10(18)5-6)13(20)15(22-8(3)17)14(12(9)19)21-7(2)16/h4-5,18H,1-3H3. The van der Waals surface area contributed by atoms with E-state index in [0.29, 0.717) is 5.56 Å². The van der Waals surface area contributed by atoms with Gasteiger partial charge in [-0.1, -0.05) is 0 Å². The van der Waals surface area contributed by atoms with Crippen LogP contribution in [0.5, 0.6) is 5.75 Å². The van der Waals surface area contributed by atoms with Gasteiger partial charge in [-0.3, -0.25) is 19.2 Å². The highest BCUT2D eigenvalue weighted by Crippen LogP contribution is 2.34. The van der Waals surface area contributed by atoms with Crippen molar-refractivity contribution in [3.8, 4) is 5.75 Å². The number of carbonyl (C=O) groups excluding carboxylic acids is 4. The minimum absolute atomic E-state index is 0.116. The van der Waals surface area contributed by atoms with Gasteiger partial charge in [0.25, 0.3) is 0 Å². The summed E-state index contributed by atoms with van der Waals surface area (Å²) in [5.74, 6) is -5.22. The highest BCUT2D eigenvalue weighted by Gasteiger charge is 2.39. The van der Waals surface area contributed by atoms with Gasteiger partial charge in [-0.05, 0) is 24.6 Å². The van der Waals surface area contributed by atoms with Crippen molar-refractivity contribution in [2.75, 3.05) is 0 Å². The zero-order chi connectivity index (χ0) is 16.6. The van der Waals surface area contributed by atoms with Crippen LogP contribution in [0.1, 0.15) is 40.1 Å². The molecular weight excluding hydrogens is 292 g/mol. The summed E-state index contributed by atoms with van der Waals surface area (Å²) in [5, 5.41) is 9.90. The van der Waals surface area contributed by atoms with Gasteiger partial charge in [0.05, 0.1) is 5.56 Å². The zero-order valence-corrected chi connectivity index (χ0v) is 12.1. The van der Waals surface area contributed by atoms with Crippen molar-refractivity contribution in [1.82, 2.24) is 0 Å². The molecule has 0 amide bonds. The van der Waals surface area contributed by atoms with Gasteiger partial charge in [0, 0.05) is 19.4 Å². The molecule has 0 bridgehead atoms. The molecule has 114 valence electrons. The molecule has 0 fully saturated rings. The molecule has 1 N–H and O–H groups in total. The molecule has 0 saturated carbocycles. The number of aromatic hydroxyl groups is 1. The number of esters is 2. The van der Waals surface area contributed by atoms with Crippen LogP contribution >= 0.6 is 0 Å². The van der Waals surface area contributed by atoms with Crippen LogP contribution in [-0.2, 0) is 19.1 Å². The lowest BCUT2D eigenvalue weighted by Crippen LogP contribution is -2.27. The Morgan fingerprint density at radius 1 is 0.955 bits per heavy atom. The first-order valence-corrected chi connectivity index (χ1v) is 6.26. The van der Waals surface area contributed by atoms with Gasteiger partial charge in [0.1, 0.15) is 5.75 Å². The Balaban J connectivity index is 2.71. The van der Waals surface area contributed by atoms with Crippen molar-refractivity contribution < 1.29 is 33.8 Å². The van der Waals surface area contributed by atoms with Crippen molar-refractivity contribution in [2.45, 2.75) is 20.8 Å². The lowest BCUT2D eigenvalue weighted by molar-refractivity contribution is -0.140. The van der Waals surface area contributed by atoms with E-state index in [1.807, 2.05) is 0 Å². The summed E-state index contributed by atoms with van der Waals surface area (Å²) in [6.45, 7) is 3.69. The quantitative estimate of drug-likeness (QED) is 0.823. The number of hydrogen-bond donors (Lipinski definition) is 1. The van der Waals surface area contributed by atoms with Gasteiger partial charge in [-0.25, -0.2) is 0 Å². The summed E-state index contributed by atoms with van der Waals surface area (Å²) >= 11 is 0.